The Balaban J connectivity index is 1.86. The summed E-state index contributed by atoms with van der Waals surface area (Å²) in [6.07, 6.45) is 0. The van der Waals surface area contributed by atoms with Crippen LogP contribution >= 0.6 is 23.2 Å². The highest BCUT2D eigenvalue weighted by atomic mass is 35.5. The molecule has 1 amide bonds. The third-order valence-electron chi connectivity index (χ3n) is 3.54. The molecule has 27 heavy (non-hydrogen) atoms. The summed E-state index contributed by atoms with van der Waals surface area (Å²) in [6.45, 7) is 1.74. The summed E-state index contributed by atoms with van der Waals surface area (Å²) in [5.74, 6) is -0.232. The first-order valence-electron chi connectivity index (χ1n) is 7.84. The number of aromatic nitrogens is 2. The van der Waals surface area contributed by atoms with E-state index in [1.807, 2.05) is 6.07 Å². The van der Waals surface area contributed by atoms with Crippen LogP contribution in [0.25, 0.3) is 0 Å². The Labute approximate surface area is 165 Å². The van der Waals surface area contributed by atoms with Gasteiger partial charge in [0, 0.05) is 11.4 Å². The van der Waals surface area contributed by atoms with Crippen molar-refractivity contribution in [2.45, 2.75) is 6.92 Å². The molecule has 0 aliphatic carbocycles. The molecular weight excluding hydrogens is 385 g/mol. The maximum atomic E-state index is 12.5. The average molecular weight is 398 g/mol. The van der Waals surface area contributed by atoms with E-state index in [-0.39, 0.29) is 11.6 Å². The van der Waals surface area contributed by atoms with Gasteiger partial charge in [0.2, 0.25) is 5.95 Å². The van der Waals surface area contributed by atoms with E-state index in [0.29, 0.717) is 32.7 Å². The highest BCUT2D eigenvalue weighted by Crippen LogP contribution is 2.31. The SMILES string of the molecule is Cc1cc(C(=O)Nc2cccc(C#N)c2)nc(Nc2c(Cl)cccc2Cl)n1. The molecule has 1 aromatic heterocycles. The Morgan fingerprint density at radius 1 is 1.07 bits per heavy atom. The number of nitriles is 1. The lowest BCUT2D eigenvalue weighted by molar-refractivity contribution is 0.102. The molecule has 0 bridgehead atoms. The fraction of sp³-hybridized carbons (Fsp3) is 0.0526. The molecule has 1 heterocycles. The van der Waals surface area contributed by atoms with Gasteiger partial charge in [0.25, 0.3) is 5.91 Å². The molecule has 0 unspecified atom stereocenters. The number of amides is 1. The van der Waals surface area contributed by atoms with Crippen LogP contribution in [0.1, 0.15) is 21.7 Å². The zero-order valence-corrected chi connectivity index (χ0v) is 15.6. The quantitative estimate of drug-likeness (QED) is 0.648. The van der Waals surface area contributed by atoms with E-state index in [2.05, 4.69) is 20.6 Å². The Kier molecular flexibility index (Phi) is 5.55. The fourth-order valence-electron chi connectivity index (χ4n) is 2.33. The van der Waals surface area contributed by atoms with Gasteiger partial charge in [-0.2, -0.15) is 5.26 Å². The van der Waals surface area contributed by atoms with Gasteiger partial charge in [0.15, 0.2) is 0 Å². The van der Waals surface area contributed by atoms with E-state index in [0.717, 1.165) is 0 Å². The van der Waals surface area contributed by atoms with Crippen LogP contribution in [0.4, 0.5) is 17.3 Å². The van der Waals surface area contributed by atoms with E-state index in [4.69, 9.17) is 28.5 Å². The van der Waals surface area contributed by atoms with Crippen LogP contribution in [0.5, 0.6) is 0 Å². The summed E-state index contributed by atoms with van der Waals surface area (Å²) < 4.78 is 0. The summed E-state index contributed by atoms with van der Waals surface area (Å²) in [5.41, 5.74) is 2.16. The van der Waals surface area contributed by atoms with Gasteiger partial charge in [0.05, 0.1) is 27.4 Å². The van der Waals surface area contributed by atoms with Crippen molar-refractivity contribution in [3.63, 3.8) is 0 Å². The minimum Gasteiger partial charge on any atom is -0.322 e. The van der Waals surface area contributed by atoms with E-state index in [1.54, 1.807) is 55.5 Å². The summed E-state index contributed by atoms with van der Waals surface area (Å²) in [5, 5.41) is 15.4. The standard InChI is InChI=1S/C19H13Cl2N5O/c1-11-8-16(18(27)24-13-5-2-4-12(9-13)10-22)25-19(23-11)26-17-14(20)6-3-7-15(17)21/h2-9H,1H3,(H,24,27)(H,23,25,26). The predicted molar refractivity (Wildman–Crippen MR) is 106 cm³/mol. The van der Waals surface area contributed by atoms with E-state index in [1.165, 1.54) is 0 Å². The van der Waals surface area contributed by atoms with Crippen LogP contribution < -0.4 is 10.6 Å². The number of hydrogen-bond acceptors (Lipinski definition) is 5. The molecule has 3 rings (SSSR count). The minimum absolute atomic E-state index is 0.163. The van der Waals surface area contributed by atoms with Crippen molar-refractivity contribution >= 4 is 46.4 Å². The molecule has 0 spiro atoms. The second-order valence-electron chi connectivity index (χ2n) is 5.59. The Morgan fingerprint density at radius 2 is 1.78 bits per heavy atom. The number of benzene rings is 2. The molecule has 0 radical (unpaired) electrons. The van der Waals surface area contributed by atoms with Crippen LogP contribution in [0.15, 0.2) is 48.5 Å². The number of rotatable bonds is 4. The summed E-state index contributed by atoms with van der Waals surface area (Å²) >= 11 is 12.3. The normalized spacial score (nSPS) is 10.1. The molecule has 2 aromatic carbocycles. The number of carbonyl (C=O) groups is 1. The van der Waals surface area contributed by atoms with Crippen molar-refractivity contribution in [3.8, 4) is 6.07 Å². The van der Waals surface area contributed by atoms with Crippen molar-refractivity contribution < 1.29 is 4.79 Å². The van der Waals surface area contributed by atoms with Crippen LogP contribution in [0.3, 0.4) is 0 Å². The third kappa shape index (κ3) is 4.53. The molecule has 0 aliphatic rings. The van der Waals surface area contributed by atoms with E-state index >= 15 is 0 Å². The lowest BCUT2D eigenvalue weighted by Gasteiger charge is -2.11. The second-order valence-corrected chi connectivity index (χ2v) is 6.40. The van der Waals surface area contributed by atoms with Crippen molar-refractivity contribution in [2.75, 3.05) is 10.6 Å². The lowest BCUT2D eigenvalue weighted by Crippen LogP contribution is -2.15. The highest BCUT2D eigenvalue weighted by molar-refractivity contribution is 6.39. The molecule has 0 aliphatic heterocycles. The van der Waals surface area contributed by atoms with Crippen LogP contribution in [0.2, 0.25) is 10.0 Å². The number of carbonyl (C=O) groups excluding carboxylic acids is 1. The monoisotopic (exact) mass is 397 g/mol. The zero-order chi connectivity index (χ0) is 19.4. The van der Waals surface area contributed by atoms with Gasteiger partial charge < -0.3 is 10.6 Å². The Bertz CT molecular complexity index is 1040. The topological polar surface area (TPSA) is 90.7 Å². The number of halogens is 2. The van der Waals surface area contributed by atoms with Gasteiger partial charge >= 0.3 is 0 Å². The van der Waals surface area contributed by atoms with Crippen molar-refractivity contribution in [2.24, 2.45) is 0 Å². The Hall–Kier alpha value is -3.14. The molecule has 6 nitrogen and oxygen atoms in total. The fourth-order valence-corrected chi connectivity index (χ4v) is 2.82. The molecule has 0 fully saturated rings. The molecule has 2 N–H and O–H groups in total. The van der Waals surface area contributed by atoms with Crippen LogP contribution in [0, 0.1) is 18.3 Å². The second kappa shape index (κ2) is 8.04. The summed E-state index contributed by atoms with van der Waals surface area (Å²) in [6, 6.07) is 15.3. The highest BCUT2D eigenvalue weighted by Gasteiger charge is 2.13. The number of aryl methyl sites for hydroxylation is 1. The average Bonchev–Trinajstić information content (AvgIpc) is 2.64. The van der Waals surface area contributed by atoms with Crippen LogP contribution in [-0.4, -0.2) is 15.9 Å². The van der Waals surface area contributed by atoms with Gasteiger partial charge in [-0.3, -0.25) is 4.79 Å². The number of nitrogens with zero attached hydrogens (tertiary/aromatic N) is 3. The summed E-state index contributed by atoms with van der Waals surface area (Å²) in [4.78, 5) is 21.0. The largest absolute Gasteiger partial charge is 0.322 e. The number of nitrogens with one attached hydrogen (secondary N) is 2. The molecule has 134 valence electrons. The molecule has 0 saturated heterocycles. The molecule has 8 heteroatoms. The van der Waals surface area contributed by atoms with Crippen molar-refractivity contribution in [1.82, 2.24) is 9.97 Å². The predicted octanol–water partition coefficient (Wildman–Crippen LogP) is 4.96. The first-order valence-corrected chi connectivity index (χ1v) is 8.60. The van der Waals surface area contributed by atoms with Crippen molar-refractivity contribution in [1.29, 1.82) is 5.26 Å². The maximum Gasteiger partial charge on any atom is 0.274 e. The van der Waals surface area contributed by atoms with Gasteiger partial charge in [-0.1, -0.05) is 35.3 Å². The molecule has 0 saturated carbocycles. The van der Waals surface area contributed by atoms with E-state index in [9.17, 15) is 4.79 Å². The Morgan fingerprint density at radius 3 is 2.48 bits per heavy atom. The van der Waals surface area contributed by atoms with Crippen LogP contribution in [-0.2, 0) is 0 Å². The van der Waals surface area contributed by atoms with Gasteiger partial charge in [-0.25, -0.2) is 9.97 Å². The third-order valence-corrected chi connectivity index (χ3v) is 4.17. The maximum absolute atomic E-state index is 12.5. The first kappa shape index (κ1) is 18.6. The van der Waals surface area contributed by atoms with Gasteiger partial charge in [-0.05, 0) is 43.3 Å². The van der Waals surface area contributed by atoms with E-state index < -0.39 is 5.91 Å². The van der Waals surface area contributed by atoms with Gasteiger partial charge in [-0.15, -0.1) is 0 Å². The minimum atomic E-state index is -0.427. The zero-order valence-electron chi connectivity index (χ0n) is 14.1. The summed E-state index contributed by atoms with van der Waals surface area (Å²) in [7, 11) is 0. The smallest absolute Gasteiger partial charge is 0.274 e. The lowest BCUT2D eigenvalue weighted by atomic mass is 10.2. The number of hydrogen-bond donors (Lipinski definition) is 2. The molecular formula is C19H13Cl2N5O. The van der Waals surface area contributed by atoms with Gasteiger partial charge in [0.1, 0.15) is 5.69 Å². The number of anilines is 3. The molecule has 3 aromatic rings. The first-order chi connectivity index (χ1) is 13.0. The molecule has 0 atom stereocenters. The number of para-hydroxylation sites is 1. The van der Waals surface area contributed by atoms with Crippen molar-refractivity contribution in [3.05, 3.63) is 75.5 Å².